The van der Waals surface area contributed by atoms with Gasteiger partial charge in [0, 0.05) is 23.9 Å². The summed E-state index contributed by atoms with van der Waals surface area (Å²) in [6.45, 7) is 0.645. The van der Waals surface area contributed by atoms with Gasteiger partial charge in [-0.15, -0.1) is 11.3 Å². The molecule has 0 unspecified atom stereocenters. The highest BCUT2D eigenvalue weighted by molar-refractivity contribution is 7.17. The average molecular weight is 492 g/mol. The third-order valence-electron chi connectivity index (χ3n) is 6.06. The van der Waals surface area contributed by atoms with E-state index in [9.17, 15) is 19.2 Å². The van der Waals surface area contributed by atoms with Crippen molar-refractivity contribution in [3.63, 3.8) is 0 Å². The van der Waals surface area contributed by atoms with Crippen LogP contribution in [0.5, 0.6) is 0 Å². The molecule has 0 saturated carbocycles. The van der Waals surface area contributed by atoms with E-state index >= 15 is 0 Å². The molecule has 10 heteroatoms. The predicted molar refractivity (Wildman–Crippen MR) is 132 cm³/mol. The summed E-state index contributed by atoms with van der Waals surface area (Å²) in [5.41, 5.74) is 0.539. The van der Waals surface area contributed by atoms with Crippen molar-refractivity contribution in [2.75, 3.05) is 26.0 Å². The van der Waals surface area contributed by atoms with E-state index in [1.54, 1.807) is 6.07 Å². The van der Waals surface area contributed by atoms with Gasteiger partial charge in [-0.1, -0.05) is 30.3 Å². The highest BCUT2D eigenvalue weighted by Crippen LogP contribution is 2.37. The Bertz CT molecular complexity index is 1570. The van der Waals surface area contributed by atoms with Gasteiger partial charge in [-0.3, -0.25) is 9.59 Å². The number of methoxy groups -OCH3 is 1. The van der Waals surface area contributed by atoms with Gasteiger partial charge in [0.1, 0.15) is 16.1 Å². The number of carbonyl (C=O) groups excluding carboxylic acids is 3. The van der Waals surface area contributed by atoms with Crippen molar-refractivity contribution in [3.8, 4) is 0 Å². The average Bonchev–Trinajstić information content (AvgIpc) is 3.23. The third-order valence-corrected chi connectivity index (χ3v) is 7.19. The van der Waals surface area contributed by atoms with Gasteiger partial charge in [-0.25, -0.2) is 9.59 Å². The Kier molecular flexibility index (Phi) is 5.73. The molecule has 0 aliphatic carbocycles. The Morgan fingerprint density at radius 2 is 1.89 bits per heavy atom. The van der Waals surface area contributed by atoms with Crippen molar-refractivity contribution in [3.05, 3.63) is 74.5 Å². The Hall–Kier alpha value is -4.18. The Morgan fingerprint density at radius 1 is 1.09 bits per heavy atom. The second kappa shape index (κ2) is 8.88. The molecule has 1 aliphatic rings. The monoisotopic (exact) mass is 491 g/mol. The molecular weight excluding hydrogens is 470 g/mol. The van der Waals surface area contributed by atoms with Crippen LogP contribution in [0, 0.1) is 0 Å². The van der Waals surface area contributed by atoms with Gasteiger partial charge in [0.15, 0.2) is 0 Å². The molecule has 0 saturated heterocycles. The molecule has 0 spiro atoms. The van der Waals surface area contributed by atoms with Gasteiger partial charge < -0.3 is 24.7 Å². The Balaban J connectivity index is 1.55. The summed E-state index contributed by atoms with van der Waals surface area (Å²) in [5, 5.41) is 8.08. The second-order valence-corrected chi connectivity index (χ2v) is 9.13. The molecule has 0 atom stereocenters. The predicted octanol–water partition coefficient (Wildman–Crippen LogP) is 3.74. The number of hydrogen-bond donors (Lipinski definition) is 2. The van der Waals surface area contributed by atoms with E-state index in [1.165, 1.54) is 36.5 Å². The molecule has 2 aromatic heterocycles. The van der Waals surface area contributed by atoms with Crippen molar-refractivity contribution in [2.24, 2.45) is 0 Å². The fourth-order valence-corrected chi connectivity index (χ4v) is 5.60. The van der Waals surface area contributed by atoms with Crippen LogP contribution in [-0.2, 0) is 17.7 Å². The second-order valence-electron chi connectivity index (χ2n) is 8.03. The number of anilines is 1. The van der Waals surface area contributed by atoms with E-state index in [0.29, 0.717) is 34.5 Å². The number of amides is 3. The summed E-state index contributed by atoms with van der Waals surface area (Å²) in [6.07, 6.45) is -0.0268. The number of hydrogen-bond acceptors (Lipinski definition) is 7. The molecule has 9 nitrogen and oxygen atoms in total. The summed E-state index contributed by atoms with van der Waals surface area (Å²) in [7, 11) is 2.82. The highest BCUT2D eigenvalue weighted by atomic mass is 32.1. The molecule has 35 heavy (non-hydrogen) atoms. The van der Waals surface area contributed by atoms with Crippen LogP contribution in [0.2, 0.25) is 0 Å². The minimum atomic E-state index is -0.773. The summed E-state index contributed by atoms with van der Waals surface area (Å²) in [5.74, 6) is -1.04. The first-order chi connectivity index (χ1) is 16.9. The van der Waals surface area contributed by atoms with Gasteiger partial charge in [0.05, 0.1) is 19.2 Å². The smallest absolute Gasteiger partial charge is 0.409 e. The number of thiophene rings is 1. The summed E-state index contributed by atoms with van der Waals surface area (Å²) < 4.78 is 10.3. The van der Waals surface area contributed by atoms with E-state index in [0.717, 1.165) is 21.2 Å². The largest absolute Gasteiger partial charge is 0.453 e. The lowest BCUT2D eigenvalue weighted by Gasteiger charge is -2.25. The van der Waals surface area contributed by atoms with Crippen molar-refractivity contribution >= 4 is 56.0 Å². The standard InChI is InChI=1S/C25H21N3O6S/c1-26-22(30)20-15-9-10-28(25(32)33-2)12-19(15)35-23(20)27-21(29)17-11-16-14-6-4-3-5-13(14)7-8-18(16)34-24(17)31/h3-8,11H,9-10,12H2,1-2H3,(H,26,30)(H,27,29). The molecule has 4 aromatic rings. The van der Waals surface area contributed by atoms with Crippen molar-refractivity contribution in [1.29, 1.82) is 0 Å². The van der Waals surface area contributed by atoms with Crippen molar-refractivity contribution < 1.29 is 23.5 Å². The van der Waals surface area contributed by atoms with Crippen LogP contribution in [0.4, 0.5) is 9.80 Å². The zero-order valence-corrected chi connectivity index (χ0v) is 19.8. The minimum absolute atomic E-state index is 0.167. The lowest BCUT2D eigenvalue weighted by atomic mass is 10.0. The molecule has 2 aromatic carbocycles. The van der Waals surface area contributed by atoms with Gasteiger partial charge in [0.25, 0.3) is 11.8 Å². The molecule has 3 heterocycles. The highest BCUT2D eigenvalue weighted by Gasteiger charge is 2.31. The van der Waals surface area contributed by atoms with Gasteiger partial charge in [-0.05, 0) is 34.9 Å². The maximum absolute atomic E-state index is 13.2. The first kappa shape index (κ1) is 22.6. The zero-order chi connectivity index (χ0) is 24.7. The minimum Gasteiger partial charge on any atom is -0.453 e. The number of benzene rings is 2. The van der Waals surface area contributed by atoms with Crippen molar-refractivity contribution in [2.45, 2.75) is 13.0 Å². The number of fused-ring (bicyclic) bond motifs is 4. The lowest BCUT2D eigenvalue weighted by Crippen LogP contribution is -2.35. The number of nitrogens with zero attached hydrogens (tertiary/aromatic N) is 1. The maximum Gasteiger partial charge on any atom is 0.409 e. The number of nitrogens with one attached hydrogen (secondary N) is 2. The van der Waals surface area contributed by atoms with E-state index < -0.39 is 17.6 Å². The van der Waals surface area contributed by atoms with E-state index in [1.807, 2.05) is 30.3 Å². The fraction of sp³-hybridized carbons (Fsp3) is 0.200. The summed E-state index contributed by atoms with van der Waals surface area (Å²) in [6, 6.07) is 12.7. The van der Waals surface area contributed by atoms with E-state index in [4.69, 9.17) is 9.15 Å². The maximum atomic E-state index is 13.2. The van der Waals surface area contributed by atoms with Crippen LogP contribution in [0.3, 0.4) is 0 Å². The molecule has 2 N–H and O–H groups in total. The zero-order valence-electron chi connectivity index (χ0n) is 19.0. The number of carbonyl (C=O) groups is 3. The van der Waals surface area contributed by atoms with Gasteiger partial charge in [0.2, 0.25) is 0 Å². The Labute approximate surface area is 203 Å². The van der Waals surface area contributed by atoms with Crippen LogP contribution in [0.25, 0.3) is 21.7 Å². The molecule has 0 fully saturated rings. The number of ether oxygens (including phenoxy) is 1. The van der Waals surface area contributed by atoms with Crippen LogP contribution in [0.1, 0.15) is 31.2 Å². The molecule has 1 aliphatic heterocycles. The fourth-order valence-electron chi connectivity index (χ4n) is 4.34. The van der Waals surface area contributed by atoms with Crippen LogP contribution in [-0.4, -0.2) is 43.5 Å². The van der Waals surface area contributed by atoms with E-state index in [2.05, 4.69) is 10.6 Å². The van der Waals surface area contributed by atoms with Crippen LogP contribution in [0.15, 0.2) is 51.7 Å². The van der Waals surface area contributed by atoms with E-state index in [-0.39, 0.29) is 18.0 Å². The van der Waals surface area contributed by atoms with Crippen LogP contribution >= 0.6 is 11.3 Å². The third kappa shape index (κ3) is 3.91. The quantitative estimate of drug-likeness (QED) is 0.333. The normalized spacial score (nSPS) is 12.9. The SMILES string of the molecule is CNC(=O)c1c(NC(=O)c2cc3c(ccc4ccccc43)oc2=O)sc2c1CCN(C(=O)OC)C2. The summed E-state index contributed by atoms with van der Waals surface area (Å²) in [4.78, 5) is 52.9. The summed E-state index contributed by atoms with van der Waals surface area (Å²) >= 11 is 1.20. The molecule has 3 amide bonds. The van der Waals surface area contributed by atoms with Crippen molar-refractivity contribution in [1.82, 2.24) is 10.2 Å². The lowest BCUT2D eigenvalue weighted by molar-refractivity contribution is 0.0962. The first-order valence-electron chi connectivity index (χ1n) is 10.9. The topological polar surface area (TPSA) is 118 Å². The van der Waals surface area contributed by atoms with Gasteiger partial charge >= 0.3 is 11.7 Å². The first-order valence-corrected chi connectivity index (χ1v) is 11.7. The Morgan fingerprint density at radius 3 is 2.66 bits per heavy atom. The molecule has 0 bridgehead atoms. The van der Waals surface area contributed by atoms with Crippen LogP contribution < -0.4 is 16.3 Å². The molecule has 0 radical (unpaired) electrons. The number of rotatable bonds is 3. The molecular formula is C25H21N3O6S. The molecule has 5 rings (SSSR count). The van der Waals surface area contributed by atoms with Gasteiger partial charge in [-0.2, -0.15) is 0 Å². The molecule has 178 valence electrons.